The number of thiophene rings is 1. The maximum Gasteiger partial charge on any atom is 0.272 e. The Labute approximate surface area is 292 Å². The van der Waals surface area contributed by atoms with Gasteiger partial charge in [0.15, 0.2) is 0 Å². The van der Waals surface area contributed by atoms with Crippen molar-refractivity contribution < 1.29 is 14.4 Å². The van der Waals surface area contributed by atoms with Gasteiger partial charge in [0.25, 0.3) is 11.8 Å². The van der Waals surface area contributed by atoms with Crippen LogP contribution in [0.2, 0.25) is 0 Å². The van der Waals surface area contributed by atoms with Crippen LogP contribution in [-0.2, 0) is 9.59 Å². The number of hydrogen-bond donors (Lipinski definition) is 3. The van der Waals surface area contributed by atoms with Crippen LogP contribution in [0.4, 0.5) is 10.7 Å². The number of fused-ring (bicyclic) bond motifs is 1. The van der Waals surface area contributed by atoms with E-state index in [9.17, 15) is 19.6 Å². The molecule has 5 aromatic carbocycles. The number of hydrogen-bond acceptors (Lipinski definition) is 6. The summed E-state index contributed by atoms with van der Waals surface area (Å²) in [6.07, 6.45) is 1.67. The van der Waals surface area contributed by atoms with Crippen molar-refractivity contribution >= 4 is 68.4 Å². The zero-order valence-corrected chi connectivity index (χ0v) is 28.0. The fourth-order valence-corrected chi connectivity index (χ4v) is 6.85. The summed E-state index contributed by atoms with van der Waals surface area (Å²) in [5, 5.41) is 22.8. The van der Waals surface area contributed by atoms with Crippen LogP contribution in [0.3, 0.4) is 0 Å². The fraction of sp³-hybridized carbons (Fsp3) is 0.0500. The minimum absolute atomic E-state index is 0.0805. The largest absolute Gasteiger partial charge is 0.321 e. The van der Waals surface area contributed by atoms with E-state index in [1.165, 1.54) is 23.1 Å². The molecule has 0 atom stereocenters. The van der Waals surface area contributed by atoms with Crippen LogP contribution in [-0.4, -0.2) is 23.5 Å². The number of nitrogens with one attached hydrogen (secondary N) is 3. The molecule has 3 amide bonds. The lowest BCUT2D eigenvalue weighted by atomic mass is 10.0. The third-order valence-electron chi connectivity index (χ3n) is 7.63. The number of carbonyl (C=O) groups is 3. The summed E-state index contributed by atoms with van der Waals surface area (Å²) < 4.78 is 0. The third kappa shape index (κ3) is 8.14. The molecule has 0 radical (unpaired) electrons. The maximum atomic E-state index is 13.7. The fourth-order valence-electron chi connectivity index (χ4n) is 5.15. The molecule has 49 heavy (non-hydrogen) atoms. The first-order valence-corrected chi connectivity index (χ1v) is 17.2. The molecule has 240 valence electrons. The number of nitriles is 1. The number of aryl methyl sites for hydroxylation is 1. The summed E-state index contributed by atoms with van der Waals surface area (Å²) in [4.78, 5) is 40.5. The summed E-state index contributed by atoms with van der Waals surface area (Å²) in [6.45, 7) is 2.00. The Morgan fingerprint density at radius 2 is 1.57 bits per heavy atom. The van der Waals surface area contributed by atoms with E-state index >= 15 is 0 Å². The second kappa shape index (κ2) is 15.3. The molecule has 0 spiro atoms. The molecule has 0 aliphatic carbocycles. The number of thioether (sulfide) groups is 1. The van der Waals surface area contributed by atoms with E-state index in [2.05, 4.69) is 22.0 Å². The average molecular weight is 679 g/mol. The van der Waals surface area contributed by atoms with Gasteiger partial charge in [-0.1, -0.05) is 96.6 Å². The molecule has 6 rings (SSSR count). The van der Waals surface area contributed by atoms with Crippen LogP contribution in [0.5, 0.6) is 0 Å². The summed E-state index contributed by atoms with van der Waals surface area (Å²) in [5.41, 5.74) is 5.05. The highest BCUT2D eigenvalue weighted by Gasteiger charge is 2.18. The molecule has 1 aromatic heterocycles. The number of amides is 3. The van der Waals surface area contributed by atoms with Gasteiger partial charge in [0.1, 0.15) is 16.8 Å². The Hall–Kier alpha value is -5.95. The first-order valence-electron chi connectivity index (χ1n) is 15.4. The van der Waals surface area contributed by atoms with E-state index < -0.39 is 11.8 Å². The third-order valence-corrected chi connectivity index (χ3v) is 9.52. The molecule has 0 bridgehead atoms. The highest BCUT2D eigenvalue weighted by atomic mass is 32.2. The smallest absolute Gasteiger partial charge is 0.272 e. The number of rotatable bonds is 10. The highest BCUT2D eigenvalue weighted by molar-refractivity contribution is 8.00. The Bertz CT molecular complexity index is 2230. The van der Waals surface area contributed by atoms with Gasteiger partial charge in [-0.25, -0.2) is 0 Å². The van der Waals surface area contributed by atoms with Crippen molar-refractivity contribution in [3.63, 3.8) is 0 Å². The lowest BCUT2D eigenvalue weighted by Gasteiger charge is -2.13. The van der Waals surface area contributed by atoms with Crippen molar-refractivity contribution in [3.05, 3.63) is 155 Å². The van der Waals surface area contributed by atoms with E-state index in [4.69, 9.17) is 0 Å². The van der Waals surface area contributed by atoms with Gasteiger partial charge in [-0.15, -0.1) is 23.1 Å². The average Bonchev–Trinajstić information content (AvgIpc) is 3.53. The number of nitrogens with zero attached hydrogens (tertiary/aromatic N) is 1. The molecule has 0 aliphatic heterocycles. The van der Waals surface area contributed by atoms with Crippen molar-refractivity contribution in [1.29, 1.82) is 5.26 Å². The number of benzene rings is 5. The predicted octanol–water partition coefficient (Wildman–Crippen LogP) is 8.89. The van der Waals surface area contributed by atoms with Crippen LogP contribution in [0.15, 0.2) is 137 Å². The van der Waals surface area contributed by atoms with Crippen LogP contribution in [0.1, 0.15) is 27.0 Å². The predicted molar refractivity (Wildman–Crippen MR) is 199 cm³/mol. The van der Waals surface area contributed by atoms with E-state index in [0.29, 0.717) is 21.8 Å². The van der Waals surface area contributed by atoms with Gasteiger partial charge in [0.2, 0.25) is 5.91 Å². The first kappa shape index (κ1) is 33.0. The van der Waals surface area contributed by atoms with Gasteiger partial charge in [-0.3, -0.25) is 14.4 Å². The van der Waals surface area contributed by atoms with Crippen LogP contribution < -0.4 is 16.0 Å². The summed E-state index contributed by atoms with van der Waals surface area (Å²) in [5.74, 6) is -1.06. The van der Waals surface area contributed by atoms with Crippen LogP contribution >= 0.6 is 23.1 Å². The normalized spacial score (nSPS) is 11.1. The lowest BCUT2D eigenvalue weighted by molar-refractivity contribution is -0.114. The summed E-state index contributed by atoms with van der Waals surface area (Å²) >= 11 is 2.62. The Balaban J connectivity index is 1.15. The lowest BCUT2D eigenvalue weighted by Crippen LogP contribution is -2.30. The van der Waals surface area contributed by atoms with Crippen LogP contribution in [0.25, 0.3) is 28.0 Å². The topological polar surface area (TPSA) is 111 Å². The molecule has 6 aromatic rings. The number of anilines is 2. The molecule has 0 saturated carbocycles. The zero-order valence-electron chi connectivity index (χ0n) is 26.4. The van der Waals surface area contributed by atoms with Crippen molar-refractivity contribution in [3.8, 4) is 17.2 Å². The molecule has 9 heteroatoms. The first-order chi connectivity index (χ1) is 23.9. The second-order valence-corrected chi connectivity index (χ2v) is 13.0. The Kier molecular flexibility index (Phi) is 10.3. The van der Waals surface area contributed by atoms with Gasteiger partial charge in [0.05, 0.1) is 11.3 Å². The standard InChI is InChI=1S/C40H30N4O3S2/c1-26-17-19-28(20-18-26)35-24-49-40(34(35)23-41)44-37(45)25-48-32-15-8-14-31(22-32)42-39(47)36(43-38(46)29-10-3-2-4-11-29)21-30-13-7-12-27-9-5-6-16-33(27)30/h2-22,24H,25H2,1H3,(H,42,47)(H,43,46)(H,44,45)/b36-21+. The van der Waals surface area contributed by atoms with Crippen molar-refractivity contribution in [1.82, 2.24) is 5.32 Å². The van der Waals surface area contributed by atoms with Crippen LogP contribution in [0, 0.1) is 18.3 Å². The van der Waals surface area contributed by atoms with Gasteiger partial charge >= 0.3 is 0 Å². The summed E-state index contributed by atoms with van der Waals surface area (Å²) in [6, 6.07) is 39.6. The number of carbonyl (C=O) groups excluding carboxylic acids is 3. The maximum absolute atomic E-state index is 13.7. The molecule has 7 nitrogen and oxygen atoms in total. The van der Waals surface area contributed by atoms with Gasteiger partial charge in [-0.2, -0.15) is 5.26 Å². The highest BCUT2D eigenvalue weighted by Crippen LogP contribution is 2.35. The Morgan fingerprint density at radius 1 is 0.837 bits per heavy atom. The monoisotopic (exact) mass is 678 g/mol. The SMILES string of the molecule is Cc1ccc(-c2csc(NC(=O)CSc3cccc(NC(=O)/C(=C\c4cccc5ccccc45)NC(=O)c4ccccc4)c3)c2C#N)cc1. The molecule has 1 heterocycles. The van der Waals surface area contributed by atoms with E-state index in [-0.39, 0.29) is 17.4 Å². The molecule has 0 aliphatic rings. The molecule has 3 N–H and O–H groups in total. The second-order valence-electron chi connectivity index (χ2n) is 11.1. The zero-order chi connectivity index (χ0) is 34.2. The van der Waals surface area contributed by atoms with Crippen molar-refractivity contribution in [2.45, 2.75) is 11.8 Å². The van der Waals surface area contributed by atoms with Gasteiger partial charge in [-0.05, 0) is 65.2 Å². The van der Waals surface area contributed by atoms with Gasteiger partial charge in [0, 0.05) is 27.1 Å². The Morgan fingerprint density at radius 3 is 2.37 bits per heavy atom. The minimum atomic E-state index is -0.497. The summed E-state index contributed by atoms with van der Waals surface area (Å²) in [7, 11) is 0. The van der Waals surface area contributed by atoms with Crippen molar-refractivity contribution in [2.24, 2.45) is 0 Å². The van der Waals surface area contributed by atoms with E-state index in [1.807, 2.05) is 91.2 Å². The van der Waals surface area contributed by atoms with E-state index in [0.717, 1.165) is 37.9 Å². The van der Waals surface area contributed by atoms with E-state index in [1.54, 1.807) is 48.5 Å². The molecule has 0 saturated heterocycles. The minimum Gasteiger partial charge on any atom is -0.321 e. The quantitative estimate of drug-likeness (QED) is 0.0990. The molecule has 0 fully saturated rings. The molecular weight excluding hydrogens is 649 g/mol. The van der Waals surface area contributed by atoms with Crippen molar-refractivity contribution in [2.75, 3.05) is 16.4 Å². The molecular formula is C40H30N4O3S2. The molecule has 0 unspecified atom stereocenters. The van der Waals surface area contributed by atoms with Gasteiger partial charge < -0.3 is 16.0 Å².